The van der Waals surface area contributed by atoms with E-state index in [-0.39, 0.29) is 0 Å². The molecule has 0 unspecified atom stereocenters. The Morgan fingerprint density at radius 3 is 2.58 bits per heavy atom. The first-order valence-corrected chi connectivity index (χ1v) is 3.67. The van der Waals surface area contributed by atoms with Gasteiger partial charge in [0.1, 0.15) is 6.09 Å². The van der Waals surface area contributed by atoms with Gasteiger partial charge in [-0.2, -0.15) is 0 Å². The fraction of sp³-hybridized carbons (Fsp3) is 0.857. The van der Waals surface area contributed by atoms with Crippen molar-refractivity contribution in [1.29, 1.82) is 0 Å². The number of hydrogen-bond acceptors (Lipinski definition) is 4. The van der Waals surface area contributed by atoms with Crippen molar-refractivity contribution in [3.8, 4) is 0 Å². The molecule has 0 rings (SSSR count). The van der Waals surface area contributed by atoms with Crippen molar-refractivity contribution in [3.05, 3.63) is 0 Å². The van der Waals surface area contributed by atoms with Gasteiger partial charge in [0, 0.05) is 20.7 Å². The first-order valence-electron chi connectivity index (χ1n) is 3.67. The highest BCUT2D eigenvalue weighted by Gasteiger charge is 1.95. The van der Waals surface area contributed by atoms with Gasteiger partial charge in [0.25, 0.3) is 0 Å². The van der Waals surface area contributed by atoms with Crippen LogP contribution in [-0.4, -0.2) is 51.5 Å². The van der Waals surface area contributed by atoms with Crippen molar-refractivity contribution in [2.75, 3.05) is 40.5 Å². The van der Waals surface area contributed by atoms with Crippen molar-refractivity contribution in [2.24, 2.45) is 0 Å². The van der Waals surface area contributed by atoms with Gasteiger partial charge in [-0.25, -0.2) is 0 Å². The van der Waals surface area contributed by atoms with Gasteiger partial charge < -0.3 is 24.3 Å². The molecule has 0 saturated carbocycles. The highest BCUT2D eigenvalue weighted by Crippen LogP contribution is 1.82. The van der Waals surface area contributed by atoms with E-state index in [1.165, 1.54) is 7.05 Å². The Bertz CT molecular complexity index is 129. The number of hydrogen-bond donors (Lipinski definition) is 0. The monoisotopic (exact) mass is 176 g/mol. The zero-order valence-electron chi connectivity index (χ0n) is 7.41. The maximum absolute atomic E-state index is 10.2. The Morgan fingerprint density at radius 1 is 1.42 bits per heavy atom. The lowest BCUT2D eigenvalue weighted by atomic mass is 10.6. The normalized spacial score (nSPS) is 9.83. The maximum atomic E-state index is 10.2. The number of nitrogens with zero attached hydrogens (tertiary/aromatic N) is 1. The molecule has 0 aliphatic carbocycles. The first-order chi connectivity index (χ1) is 5.68. The summed E-state index contributed by atoms with van der Waals surface area (Å²) >= 11 is 0. The molecule has 0 aromatic rings. The SMILES string of the molecule is COCCOCCN(C)C(=O)[O-]. The van der Waals surface area contributed by atoms with Gasteiger partial charge in [-0.1, -0.05) is 0 Å². The van der Waals surface area contributed by atoms with E-state index < -0.39 is 6.09 Å². The summed E-state index contributed by atoms with van der Waals surface area (Å²) in [4.78, 5) is 11.2. The Labute approximate surface area is 71.9 Å². The van der Waals surface area contributed by atoms with Crippen molar-refractivity contribution >= 4 is 6.09 Å². The minimum Gasteiger partial charge on any atom is -0.530 e. The second-order valence-corrected chi connectivity index (χ2v) is 2.29. The van der Waals surface area contributed by atoms with Gasteiger partial charge in [-0.05, 0) is 0 Å². The molecule has 0 aliphatic heterocycles. The molecule has 0 aromatic heterocycles. The molecule has 0 bridgehead atoms. The molecule has 12 heavy (non-hydrogen) atoms. The Morgan fingerprint density at radius 2 is 2.08 bits per heavy atom. The predicted molar refractivity (Wildman–Crippen MR) is 40.7 cm³/mol. The molecular formula is C7H14NO4-. The highest BCUT2D eigenvalue weighted by atomic mass is 16.5. The van der Waals surface area contributed by atoms with Crippen LogP contribution in [0.1, 0.15) is 0 Å². The van der Waals surface area contributed by atoms with Crippen LogP contribution >= 0.6 is 0 Å². The molecule has 5 heteroatoms. The summed E-state index contributed by atoms with van der Waals surface area (Å²) < 4.78 is 9.77. The molecule has 0 heterocycles. The van der Waals surface area contributed by atoms with E-state index in [1.54, 1.807) is 7.11 Å². The average molecular weight is 176 g/mol. The van der Waals surface area contributed by atoms with Crippen LogP contribution in [0.3, 0.4) is 0 Å². The van der Waals surface area contributed by atoms with Crippen molar-refractivity contribution in [1.82, 2.24) is 4.90 Å². The van der Waals surface area contributed by atoms with E-state index in [1.807, 2.05) is 0 Å². The Hall–Kier alpha value is -0.810. The number of carboxylic acid groups (broad SMARTS) is 1. The lowest BCUT2D eigenvalue weighted by molar-refractivity contribution is -0.264. The van der Waals surface area contributed by atoms with Gasteiger partial charge in [-0.15, -0.1) is 0 Å². The van der Waals surface area contributed by atoms with Crippen LogP contribution in [0.15, 0.2) is 0 Å². The second-order valence-electron chi connectivity index (χ2n) is 2.29. The number of ether oxygens (including phenoxy) is 2. The fourth-order valence-corrected chi connectivity index (χ4v) is 0.537. The number of rotatable bonds is 6. The van der Waals surface area contributed by atoms with Gasteiger partial charge >= 0.3 is 0 Å². The van der Waals surface area contributed by atoms with Gasteiger partial charge in [0.15, 0.2) is 0 Å². The fourth-order valence-electron chi connectivity index (χ4n) is 0.537. The Balaban J connectivity index is 3.14. The molecule has 1 amide bonds. The van der Waals surface area contributed by atoms with E-state index in [2.05, 4.69) is 0 Å². The largest absolute Gasteiger partial charge is 0.530 e. The summed E-state index contributed by atoms with van der Waals surface area (Å²) in [6.07, 6.45) is -1.19. The van der Waals surface area contributed by atoms with E-state index in [4.69, 9.17) is 9.47 Å². The van der Waals surface area contributed by atoms with Gasteiger partial charge in [0.05, 0.1) is 19.8 Å². The van der Waals surface area contributed by atoms with E-state index in [0.717, 1.165) is 4.90 Å². The van der Waals surface area contributed by atoms with Crippen LogP contribution in [0.2, 0.25) is 0 Å². The standard InChI is InChI=1S/C7H15NO4/c1-8(7(9)10)3-4-12-6-5-11-2/h3-6H2,1-2H3,(H,9,10)/p-1. The molecule has 0 N–H and O–H groups in total. The van der Waals surface area contributed by atoms with Crippen LogP contribution < -0.4 is 5.11 Å². The molecule has 72 valence electrons. The van der Waals surface area contributed by atoms with Crippen LogP contribution in [0.4, 0.5) is 4.79 Å². The highest BCUT2D eigenvalue weighted by molar-refractivity contribution is 5.61. The van der Waals surface area contributed by atoms with Crippen LogP contribution in [-0.2, 0) is 9.47 Å². The van der Waals surface area contributed by atoms with Gasteiger partial charge in [0.2, 0.25) is 0 Å². The Kier molecular flexibility index (Phi) is 6.41. The number of methoxy groups -OCH3 is 1. The predicted octanol–water partition coefficient (Wildman–Crippen LogP) is -1.08. The van der Waals surface area contributed by atoms with Crippen LogP contribution in [0, 0.1) is 0 Å². The number of likely N-dealkylation sites (N-methyl/N-ethyl adjacent to an activating group) is 1. The topological polar surface area (TPSA) is 61.8 Å². The van der Waals surface area contributed by atoms with Crippen LogP contribution in [0.5, 0.6) is 0 Å². The van der Waals surface area contributed by atoms with Crippen molar-refractivity contribution in [2.45, 2.75) is 0 Å². The number of carbonyl (C=O) groups excluding carboxylic acids is 1. The number of amides is 1. The smallest absolute Gasteiger partial charge is 0.136 e. The molecule has 5 nitrogen and oxygen atoms in total. The van der Waals surface area contributed by atoms with E-state index in [0.29, 0.717) is 26.4 Å². The summed E-state index contributed by atoms with van der Waals surface area (Å²) in [6.45, 7) is 1.70. The summed E-state index contributed by atoms with van der Waals surface area (Å²) in [6, 6.07) is 0. The summed E-state index contributed by atoms with van der Waals surface area (Å²) in [5.41, 5.74) is 0. The zero-order chi connectivity index (χ0) is 9.40. The molecule has 0 spiro atoms. The molecule has 0 radical (unpaired) electrons. The first kappa shape index (κ1) is 11.2. The lowest BCUT2D eigenvalue weighted by Crippen LogP contribution is -2.40. The second kappa shape index (κ2) is 6.87. The summed E-state index contributed by atoms with van der Waals surface area (Å²) in [5, 5.41) is 10.2. The van der Waals surface area contributed by atoms with Crippen LogP contribution in [0.25, 0.3) is 0 Å². The van der Waals surface area contributed by atoms with E-state index in [9.17, 15) is 9.90 Å². The van der Waals surface area contributed by atoms with Crippen molar-refractivity contribution < 1.29 is 19.4 Å². The third-order valence-corrected chi connectivity index (χ3v) is 1.31. The van der Waals surface area contributed by atoms with Crippen molar-refractivity contribution in [3.63, 3.8) is 0 Å². The maximum Gasteiger partial charge on any atom is 0.136 e. The lowest BCUT2D eigenvalue weighted by Gasteiger charge is -2.18. The average Bonchev–Trinajstić information content (AvgIpc) is 2.03. The molecule has 0 saturated heterocycles. The number of carbonyl (C=O) groups is 1. The molecule has 0 fully saturated rings. The third kappa shape index (κ3) is 5.94. The molecule has 0 atom stereocenters. The minimum absolute atomic E-state index is 0.325. The van der Waals surface area contributed by atoms with E-state index >= 15 is 0 Å². The molecule has 0 aliphatic rings. The quantitative estimate of drug-likeness (QED) is 0.483. The summed E-state index contributed by atoms with van der Waals surface area (Å²) in [5.74, 6) is 0. The summed E-state index contributed by atoms with van der Waals surface area (Å²) in [7, 11) is 3.02. The molecule has 0 aromatic carbocycles. The molecular weight excluding hydrogens is 162 g/mol. The third-order valence-electron chi connectivity index (χ3n) is 1.31. The van der Waals surface area contributed by atoms with Gasteiger partial charge in [-0.3, -0.25) is 0 Å². The minimum atomic E-state index is -1.19. The zero-order valence-corrected chi connectivity index (χ0v) is 7.41.